The highest BCUT2D eigenvalue weighted by Crippen LogP contribution is 2.45. The van der Waals surface area contributed by atoms with Gasteiger partial charge in [-0.25, -0.2) is 4.98 Å². The molecule has 4 heteroatoms. The molecule has 10 aromatic rings. The molecule has 0 spiro atoms. The zero-order chi connectivity index (χ0) is 48.0. The number of benzene rings is 8. The van der Waals surface area contributed by atoms with Crippen molar-refractivity contribution >= 4 is 11.0 Å². The summed E-state index contributed by atoms with van der Waals surface area (Å²) in [6.45, 7) is 5.91. The maximum atomic E-state index is 9.48. The first-order valence-corrected chi connectivity index (χ1v) is 22.0. The van der Waals surface area contributed by atoms with E-state index in [1.54, 1.807) is 19.2 Å². The smallest absolute Gasteiger partial charge is 0.149 e. The van der Waals surface area contributed by atoms with Crippen molar-refractivity contribution in [2.24, 2.45) is 0 Å². The molecular formula is C61H51N3O. The van der Waals surface area contributed by atoms with Gasteiger partial charge in [0.1, 0.15) is 11.6 Å². The minimum absolute atomic E-state index is 0.304. The van der Waals surface area contributed by atoms with Gasteiger partial charge in [0.2, 0.25) is 0 Å². The first kappa shape index (κ1) is 36.6. The maximum Gasteiger partial charge on any atom is 0.149 e. The number of methoxy groups -OCH3 is 1. The summed E-state index contributed by atoms with van der Waals surface area (Å²) in [6.07, 6.45) is 1.81. The van der Waals surface area contributed by atoms with E-state index in [-0.39, 0.29) is 0 Å². The number of rotatable bonds is 10. The van der Waals surface area contributed by atoms with Crippen LogP contribution in [0.5, 0.6) is 5.75 Å². The Hall–Kier alpha value is -7.82. The summed E-state index contributed by atoms with van der Waals surface area (Å²) in [7, 11) is 1.72. The molecule has 0 radical (unpaired) electrons. The number of imidazole rings is 1. The van der Waals surface area contributed by atoms with Crippen LogP contribution in [0.25, 0.3) is 95.0 Å². The van der Waals surface area contributed by atoms with Gasteiger partial charge in [0.25, 0.3) is 0 Å². The number of hydrogen-bond acceptors (Lipinski definition) is 3. The SMILES string of the molecule is [2H]C([2H])([2H])c1ccc(-c2ccnc(-c3cc(-c4ccccc4)cc(-c4cccc5c4nc(-c4cc(C)cc(C)c4OC)n5-c4cc(-c5ccccc5)c(C([2H])(C)C)cc4-c4ccccc4)c3)c2)cc1. The van der Waals surface area contributed by atoms with Gasteiger partial charge in [-0.15, -0.1) is 0 Å². The molecule has 0 saturated heterocycles. The van der Waals surface area contributed by atoms with Crippen LogP contribution in [0.3, 0.4) is 0 Å². The number of nitrogens with zero attached hydrogens (tertiary/aromatic N) is 3. The number of pyridine rings is 1. The van der Waals surface area contributed by atoms with E-state index in [0.717, 1.165) is 117 Å². The zero-order valence-corrected chi connectivity index (χ0v) is 37.2. The molecule has 0 amide bonds. The Morgan fingerprint density at radius 2 is 1.17 bits per heavy atom. The fourth-order valence-corrected chi connectivity index (χ4v) is 9.20. The highest BCUT2D eigenvalue weighted by molar-refractivity contribution is 5.99. The molecule has 0 saturated carbocycles. The van der Waals surface area contributed by atoms with Crippen LogP contribution in [0.2, 0.25) is 0 Å². The Morgan fingerprint density at radius 1 is 0.523 bits per heavy atom. The Kier molecular flexibility index (Phi) is 9.80. The Labute approximate surface area is 388 Å². The normalized spacial score (nSPS) is 12.6. The van der Waals surface area contributed by atoms with E-state index in [9.17, 15) is 1.37 Å². The molecule has 0 aliphatic heterocycles. The van der Waals surface area contributed by atoms with E-state index in [1.807, 2.05) is 56.4 Å². The molecule has 0 N–H and O–H groups in total. The Balaban J connectivity index is 1.26. The second-order valence-electron chi connectivity index (χ2n) is 16.9. The molecule has 0 aliphatic rings. The van der Waals surface area contributed by atoms with Gasteiger partial charge in [-0.1, -0.05) is 153 Å². The average molecular weight is 846 g/mol. The lowest BCUT2D eigenvalue weighted by Crippen LogP contribution is -2.05. The molecule has 0 fully saturated rings. The van der Waals surface area contributed by atoms with Gasteiger partial charge in [-0.2, -0.15) is 0 Å². The Morgan fingerprint density at radius 3 is 1.85 bits per heavy atom. The quantitative estimate of drug-likeness (QED) is 0.138. The minimum Gasteiger partial charge on any atom is -0.496 e. The number of aryl methyl sites for hydroxylation is 3. The molecule has 8 aromatic carbocycles. The van der Waals surface area contributed by atoms with Gasteiger partial charge in [0.05, 0.1) is 35.1 Å². The van der Waals surface area contributed by atoms with Crippen LogP contribution in [0, 0.1) is 20.7 Å². The van der Waals surface area contributed by atoms with Gasteiger partial charge in [-0.05, 0) is 142 Å². The van der Waals surface area contributed by atoms with Gasteiger partial charge >= 0.3 is 0 Å². The third kappa shape index (κ3) is 7.93. The van der Waals surface area contributed by atoms with Crippen molar-refractivity contribution in [1.29, 1.82) is 0 Å². The molecular weight excluding hydrogens is 791 g/mol. The van der Waals surface area contributed by atoms with Crippen LogP contribution in [0.1, 0.15) is 47.5 Å². The van der Waals surface area contributed by atoms with Crippen molar-refractivity contribution < 1.29 is 10.2 Å². The van der Waals surface area contributed by atoms with Crippen molar-refractivity contribution in [1.82, 2.24) is 14.5 Å². The third-order valence-corrected chi connectivity index (χ3v) is 12.3. The topological polar surface area (TPSA) is 39.9 Å². The van der Waals surface area contributed by atoms with E-state index in [1.165, 1.54) is 0 Å². The molecule has 0 atom stereocenters. The standard InChI is InChI=1S/C61H51N3O/c1-39(2)52-37-54(46-21-14-9-15-22-46)58(38-53(52)45-19-12-8-13-20-45)64-57-24-16-23-51(59(57)63-61(64)55-32-41(4)31-42(5)60(55)65-6)49-33-48(43-17-10-7-11-18-43)34-50(35-49)56-36-47(29-30-62-56)44-27-25-40(3)26-28-44/h7-39H,1-6H3/i3D3,39D. The lowest BCUT2D eigenvalue weighted by atomic mass is 9.88. The average Bonchev–Trinajstić information content (AvgIpc) is 3.76. The second kappa shape index (κ2) is 17.4. The molecule has 4 nitrogen and oxygen atoms in total. The van der Waals surface area contributed by atoms with Crippen LogP contribution in [-0.2, 0) is 0 Å². The Bertz CT molecular complexity index is 3500. The number of para-hydroxylation sites is 1. The largest absolute Gasteiger partial charge is 0.496 e. The van der Waals surface area contributed by atoms with Gasteiger partial charge < -0.3 is 4.74 Å². The van der Waals surface area contributed by atoms with E-state index in [0.29, 0.717) is 5.56 Å². The van der Waals surface area contributed by atoms with Crippen LogP contribution in [0.4, 0.5) is 0 Å². The molecule has 2 aromatic heterocycles. The van der Waals surface area contributed by atoms with E-state index in [2.05, 4.69) is 158 Å². The fourth-order valence-electron chi connectivity index (χ4n) is 9.20. The van der Waals surface area contributed by atoms with Crippen LogP contribution >= 0.6 is 0 Å². The molecule has 65 heavy (non-hydrogen) atoms. The van der Waals surface area contributed by atoms with Crippen molar-refractivity contribution in [2.45, 2.75) is 40.4 Å². The molecule has 0 unspecified atom stereocenters. The van der Waals surface area contributed by atoms with Gasteiger partial charge in [-0.3, -0.25) is 9.55 Å². The third-order valence-electron chi connectivity index (χ3n) is 12.3. The minimum atomic E-state index is -2.18. The lowest BCUT2D eigenvalue weighted by Gasteiger charge is -2.22. The molecule has 0 bridgehead atoms. The lowest BCUT2D eigenvalue weighted by molar-refractivity contribution is 0.413. The highest BCUT2D eigenvalue weighted by Gasteiger charge is 2.25. The fraction of sp³-hybridized carbons (Fsp3) is 0.115. The number of hydrogen-bond donors (Lipinski definition) is 0. The van der Waals surface area contributed by atoms with Crippen molar-refractivity contribution in [3.8, 4) is 89.7 Å². The summed E-state index contributed by atoms with van der Waals surface area (Å²) in [5.74, 6) is 0.560. The van der Waals surface area contributed by atoms with Crippen molar-refractivity contribution in [3.63, 3.8) is 0 Å². The first-order valence-electron chi connectivity index (χ1n) is 24.0. The summed E-state index contributed by atoms with van der Waals surface area (Å²) in [5.41, 5.74) is 18.4. The van der Waals surface area contributed by atoms with Gasteiger partial charge in [0, 0.05) is 28.4 Å². The maximum absolute atomic E-state index is 9.48. The molecule has 10 rings (SSSR count). The van der Waals surface area contributed by atoms with E-state index >= 15 is 0 Å². The first-order chi connectivity index (χ1) is 33.2. The molecule has 2 heterocycles. The predicted octanol–water partition coefficient (Wildman–Crippen LogP) is 16.1. The summed E-state index contributed by atoms with van der Waals surface area (Å²) in [6, 6.07) is 64.0. The summed E-state index contributed by atoms with van der Waals surface area (Å²) in [5, 5.41) is 0. The number of ether oxygens (including phenoxy) is 1. The monoisotopic (exact) mass is 845 g/mol. The van der Waals surface area contributed by atoms with Crippen LogP contribution < -0.4 is 4.74 Å². The molecule has 0 aliphatic carbocycles. The zero-order valence-electron chi connectivity index (χ0n) is 41.2. The van der Waals surface area contributed by atoms with Crippen molar-refractivity contribution in [3.05, 3.63) is 217 Å². The highest BCUT2D eigenvalue weighted by atomic mass is 16.5. The summed E-state index contributed by atoms with van der Waals surface area (Å²) >= 11 is 0. The van der Waals surface area contributed by atoms with Crippen LogP contribution in [-0.4, -0.2) is 21.6 Å². The van der Waals surface area contributed by atoms with E-state index in [4.69, 9.17) is 18.8 Å². The predicted molar refractivity (Wildman–Crippen MR) is 272 cm³/mol. The number of aromatic nitrogens is 3. The second-order valence-corrected chi connectivity index (χ2v) is 16.9. The summed E-state index contributed by atoms with van der Waals surface area (Å²) < 4.78 is 41.7. The summed E-state index contributed by atoms with van der Waals surface area (Å²) in [4.78, 5) is 10.6. The molecule has 316 valence electrons. The van der Waals surface area contributed by atoms with Crippen LogP contribution in [0.15, 0.2) is 194 Å². The van der Waals surface area contributed by atoms with Crippen molar-refractivity contribution in [2.75, 3.05) is 7.11 Å². The van der Waals surface area contributed by atoms with E-state index < -0.39 is 12.7 Å². The number of fused-ring (bicyclic) bond motifs is 1. The van der Waals surface area contributed by atoms with Gasteiger partial charge in [0.15, 0.2) is 0 Å².